The van der Waals surface area contributed by atoms with Crippen LogP contribution in [-0.4, -0.2) is 16.1 Å². The Hall–Kier alpha value is -3.11. The molecule has 0 aliphatic carbocycles. The smallest absolute Gasteiger partial charge is 0.124 e. The Kier molecular flexibility index (Phi) is 6.22. The molecule has 0 saturated heterocycles. The molecule has 0 spiro atoms. The van der Waals surface area contributed by atoms with E-state index in [2.05, 4.69) is 82.5 Å². The number of nitrogens with one attached hydrogen (secondary N) is 1. The Morgan fingerprint density at radius 3 is 2.83 bits per heavy atom. The highest BCUT2D eigenvalue weighted by atomic mass is 16.5. The first kappa shape index (κ1) is 19.2. The van der Waals surface area contributed by atoms with Crippen LogP contribution >= 0.6 is 0 Å². The molecule has 1 N–H and O–H groups in total. The molecular formula is C25H27N3O. The van der Waals surface area contributed by atoms with Gasteiger partial charge in [0.05, 0.1) is 6.33 Å². The van der Waals surface area contributed by atoms with Gasteiger partial charge in [0, 0.05) is 31.0 Å². The van der Waals surface area contributed by atoms with Gasteiger partial charge in [0.15, 0.2) is 0 Å². The second kappa shape index (κ2) is 9.39. The second-order valence-electron chi connectivity index (χ2n) is 7.37. The number of rotatable bonds is 9. The fraction of sp³-hybridized carbons (Fsp3) is 0.240. The van der Waals surface area contributed by atoms with E-state index in [0.717, 1.165) is 31.8 Å². The molecule has 3 aromatic carbocycles. The molecule has 0 bridgehead atoms. The van der Waals surface area contributed by atoms with E-state index in [1.807, 2.05) is 18.7 Å². The van der Waals surface area contributed by atoms with Crippen LogP contribution in [0.4, 0.5) is 0 Å². The van der Waals surface area contributed by atoms with Gasteiger partial charge in [-0.1, -0.05) is 60.2 Å². The summed E-state index contributed by atoms with van der Waals surface area (Å²) in [5, 5.41) is 6.08. The van der Waals surface area contributed by atoms with Gasteiger partial charge in [0.2, 0.25) is 0 Å². The SMILES string of the molecule is Cc1cccc(COc2ccc3ccccc3c2CNCCCn2ccnc2)c1. The second-order valence-corrected chi connectivity index (χ2v) is 7.37. The maximum atomic E-state index is 6.25. The first-order chi connectivity index (χ1) is 14.3. The summed E-state index contributed by atoms with van der Waals surface area (Å²) < 4.78 is 8.36. The summed E-state index contributed by atoms with van der Waals surface area (Å²) in [5.41, 5.74) is 3.67. The van der Waals surface area contributed by atoms with Crippen LogP contribution in [-0.2, 0) is 19.7 Å². The molecule has 0 atom stereocenters. The van der Waals surface area contributed by atoms with E-state index in [4.69, 9.17) is 4.74 Å². The van der Waals surface area contributed by atoms with Gasteiger partial charge in [-0.05, 0) is 42.3 Å². The van der Waals surface area contributed by atoms with E-state index in [1.54, 1.807) is 0 Å². The van der Waals surface area contributed by atoms with Crippen molar-refractivity contribution in [3.63, 3.8) is 0 Å². The van der Waals surface area contributed by atoms with Crippen molar-refractivity contribution in [3.05, 3.63) is 96.1 Å². The number of imidazole rings is 1. The highest BCUT2D eigenvalue weighted by Crippen LogP contribution is 2.29. The van der Waals surface area contributed by atoms with Gasteiger partial charge in [-0.15, -0.1) is 0 Å². The summed E-state index contributed by atoms with van der Waals surface area (Å²) >= 11 is 0. The van der Waals surface area contributed by atoms with Gasteiger partial charge < -0.3 is 14.6 Å². The molecule has 148 valence electrons. The molecule has 1 aromatic heterocycles. The third-order valence-corrected chi connectivity index (χ3v) is 5.11. The van der Waals surface area contributed by atoms with Crippen molar-refractivity contribution < 1.29 is 4.74 Å². The number of aryl methyl sites for hydroxylation is 2. The van der Waals surface area contributed by atoms with Crippen LogP contribution in [0.15, 0.2) is 79.4 Å². The van der Waals surface area contributed by atoms with Crippen LogP contribution in [0, 0.1) is 6.92 Å². The lowest BCUT2D eigenvalue weighted by Gasteiger charge is -2.15. The summed E-state index contributed by atoms with van der Waals surface area (Å²) in [6.07, 6.45) is 6.74. The van der Waals surface area contributed by atoms with Crippen molar-refractivity contribution in [1.82, 2.24) is 14.9 Å². The minimum Gasteiger partial charge on any atom is -0.489 e. The number of fused-ring (bicyclic) bond motifs is 1. The average Bonchev–Trinajstić information content (AvgIpc) is 3.26. The molecule has 0 aliphatic rings. The molecule has 0 saturated carbocycles. The zero-order valence-electron chi connectivity index (χ0n) is 16.8. The van der Waals surface area contributed by atoms with Crippen molar-refractivity contribution in [2.45, 2.75) is 33.0 Å². The van der Waals surface area contributed by atoms with Crippen molar-refractivity contribution in [1.29, 1.82) is 0 Å². The van der Waals surface area contributed by atoms with Gasteiger partial charge in [0.25, 0.3) is 0 Å². The largest absolute Gasteiger partial charge is 0.489 e. The number of hydrogen-bond acceptors (Lipinski definition) is 3. The molecule has 0 amide bonds. The molecule has 1 heterocycles. The third kappa shape index (κ3) is 5.04. The zero-order chi connectivity index (χ0) is 19.9. The minimum absolute atomic E-state index is 0.577. The first-order valence-corrected chi connectivity index (χ1v) is 10.1. The van der Waals surface area contributed by atoms with Crippen LogP contribution in [0.3, 0.4) is 0 Å². The van der Waals surface area contributed by atoms with E-state index in [1.165, 1.54) is 27.5 Å². The van der Waals surface area contributed by atoms with Crippen molar-refractivity contribution in [3.8, 4) is 5.75 Å². The molecular weight excluding hydrogens is 358 g/mol. The van der Waals surface area contributed by atoms with Gasteiger partial charge >= 0.3 is 0 Å². The number of nitrogens with zero attached hydrogens (tertiary/aromatic N) is 2. The van der Waals surface area contributed by atoms with Crippen LogP contribution in [0.25, 0.3) is 10.8 Å². The molecule has 4 aromatic rings. The first-order valence-electron chi connectivity index (χ1n) is 10.1. The number of hydrogen-bond donors (Lipinski definition) is 1. The standard InChI is InChI=1S/C25H27N3O/c1-20-6-4-7-21(16-20)18-29-25-11-10-22-8-2-3-9-23(22)24(25)17-26-12-5-14-28-15-13-27-19-28/h2-4,6-11,13,15-16,19,26H,5,12,14,17-18H2,1H3. The molecule has 4 heteroatoms. The lowest BCUT2D eigenvalue weighted by Crippen LogP contribution is -2.17. The van der Waals surface area contributed by atoms with E-state index in [0.29, 0.717) is 6.61 Å². The van der Waals surface area contributed by atoms with Gasteiger partial charge in [-0.25, -0.2) is 4.98 Å². The van der Waals surface area contributed by atoms with Crippen LogP contribution in [0.2, 0.25) is 0 Å². The number of aromatic nitrogens is 2. The molecule has 0 fully saturated rings. The summed E-state index contributed by atoms with van der Waals surface area (Å²) in [6, 6.07) is 21.2. The predicted molar refractivity (Wildman–Crippen MR) is 118 cm³/mol. The third-order valence-electron chi connectivity index (χ3n) is 5.11. The Morgan fingerprint density at radius 1 is 1.03 bits per heavy atom. The molecule has 29 heavy (non-hydrogen) atoms. The zero-order valence-corrected chi connectivity index (χ0v) is 16.8. The van der Waals surface area contributed by atoms with Crippen LogP contribution in [0.1, 0.15) is 23.1 Å². The fourth-order valence-electron chi connectivity index (χ4n) is 3.62. The number of ether oxygens (including phenoxy) is 1. The fourth-order valence-corrected chi connectivity index (χ4v) is 3.62. The van der Waals surface area contributed by atoms with Crippen molar-refractivity contribution in [2.24, 2.45) is 0 Å². The minimum atomic E-state index is 0.577. The maximum absolute atomic E-state index is 6.25. The molecule has 0 unspecified atom stereocenters. The molecule has 0 radical (unpaired) electrons. The van der Waals surface area contributed by atoms with E-state index in [9.17, 15) is 0 Å². The molecule has 4 rings (SSSR count). The highest BCUT2D eigenvalue weighted by Gasteiger charge is 2.09. The molecule has 0 aliphatic heterocycles. The van der Waals surface area contributed by atoms with Crippen LogP contribution in [0.5, 0.6) is 5.75 Å². The lowest BCUT2D eigenvalue weighted by atomic mass is 10.0. The Morgan fingerprint density at radius 2 is 1.97 bits per heavy atom. The number of benzene rings is 3. The van der Waals surface area contributed by atoms with Crippen molar-refractivity contribution >= 4 is 10.8 Å². The topological polar surface area (TPSA) is 39.1 Å². The monoisotopic (exact) mass is 385 g/mol. The van der Waals surface area contributed by atoms with Gasteiger partial charge in [-0.3, -0.25) is 0 Å². The van der Waals surface area contributed by atoms with E-state index < -0.39 is 0 Å². The van der Waals surface area contributed by atoms with E-state index >= 15 is 0 Å². The Bertz CT molecular complexity index is 1060. The van der Waals surface area contributed by atoms with Crippen molar-refractivity contribution in [2.75, 3.05) is 6.54 Å². The quantitative estimate of drug-likeness (QED) is 0.407. The molecule has 4 nitrogen and oxygen atoms in total. The van der Waals surface area contributed by atoms with Gasteiger partial charge in [0.1, 0.15) is 12.4 Å². The summed E-state index contributed by atoms with van der Waals surface area (Å²) in [5.74, 6) is 0.951. The Balaban J connectivity index is 1.45. The van der Waals surface area contributed by atoms with Crippen LogP contribution < -0.4 is 10.1 Å². The maximum Gasteiger partial charge on any atom is 0.124 e. The van der Waals surface area contributed by atoms with E-state index in [-0.39, 0.29) is 0 Å². The summed E-state index contributed by atoms with van der Waals surface area (Å²) in [6.45, 7) is 5.39. The highest BCUT2D eigenvalue weighted by molar-refractivity contribution is 5.87. The van der Waals surface area contributed by atoms with Gasteiger partial charge in [-0.2, -0.15) is 0 Å². The average molecular weight is 386 g/mol. The predicted octanol–water partition coefficient (Wildman–Crippen LogP) is 5.10. The normalized spacial score (nSPS) is 11.1. The summed E-state index contributed by atoms with van der Waals surface area (Å²) in [7, 11) is 0. The lowest BCUT2D eigenvalue weighted by molar-refractivity contribution is 0.302. The Labute approximate surface area is 172 Å². The summed E-state index contributed by atoms with van der Waals surface area (Å²) in [4.78, 5) is 4.09.